The Morgan fingerprint density at radius 2 is 1.94 bits per heavy atom. The van der Waals surface area contributed by atoms with E-state index < -0.39 is 0 Å². The lowest BCUT2D eigenvalue weighted by Crippen LogP contribution is -2.03. The van der Waals surface area contributed by atoms with Gasteiger partial charge in [0.1, 0.15) is 17.2 Å². The van der Waals surface area contributed by atoms with Crippen molar-refractivity contribution in [1.82, 2.24) is 19.5 Å². The number of fused-ring (bicyclic) bond motifs is 1. The first kappa shape index (κ1) is 21.6. The summed E-state index contributed by atoms with van der Waals surface area (Å²) < 4.78 is 13.4. The molecular formula is C25H21ClN4O2S. The first-order chi connectivity index (χ1) is 16.1. The fourth-order valence-electron chi connectivity index (χ4n) is 3.55. The molecule has 0 aliphatic rings. The average molecular weight is 477 g/mol. The number of rotatable bonds is 7. The molecule has 0 N–H and O–H groups in total. The van der Waals surface area contributed by atoms with E-state index in [9.17, 15) is 0 Å². The van der Waals surface area contributed by atoms with Crippen molar-refractivity contribution in [1.29, 1.82) is 0 Å². The Bertz CT molecular complexity index is 1410. The van der Waals surface area contributed by atoms with Crippen LogP contribution in [0.25, 0.3) is 22.5 Å². The highest BCUT2D eigenvalue weighted by atomic mass is 35.5. The predicted molar refractivity (Wildman–Crippen MR) is 131 cm³/mol. The van der Waals surface area contributed by atoms with Gasteiger partial charge in [0.15, 0.2) is 5.16 Å². The van der Waals surface area contributed by atoms with Crippen LogP contribution in [-0.4, -0.2) is 26.6 Å². The number of oxazole rings is 1. The average Bonchev–Trinajstić information content (AvgIpc) is 3.38. The minimum Gasteiger partial charge on any atom is -0.497 e. The Labute approximate surface area is 200 Å². The zero-order chi connectivity index (χ0) is 22.8. The minimum absolute atomic E-state index is 0.531. The molecule has 0 aliphatic heterocycles. The summed E-state index contributed by atoms with van der Waals surface area (Å²) in [6.07, 6.45) is 3.60. The van der Waals surface area contributed by atoms with Gasteiger partial charge in [-0.2, -0.15) is 0 Å². The van der Waals surface area contributed by atoms with Gasteiger partial charge in [-0.3, -0.25) is 4.98 Å². The Hall–Kier alpha value is -3.29. The van der Waals surface area contributed by atoms with Crippen molar-refractivity contribution < 1.29 is 9.15 Å². The summed E-state index contributed by atoms with van der Waals surface area (Å²) in [5.74, 6) is 2.95. The fourth-order valence-corrected chi connectivity index (χ4v) is 4.71. The smallest absolute Gasteiger partial charge is 0.226 e. The Morgan fingerprint density at radius 1 is 1.09 bits per heavy atom. The van der Waals surface area contributed by atoms with Gasteiger partial charge in [0.2, 0.25) is 5.89 Å². The zero-order valence-electron chi connectivity index (χ0n) is 18.2. The van der Waals surface area contributed by atoms with E-state index in [4.69, 9.17) is 30.7 Å². The third kappa shape index (κ3) is 4.60. The van der Waals surface area contributed by atoms with Crippen LogP contribution >= 0.6 is 23.4 Å². The molecule has 0 amide bonds. The molecule has 3 heterocycles. The molecule has 0 saturated carbocycles. The number of imidazole rings is 1. The molecule has 3 aromatic heterocycles. The number of thioether (sulfide) groups is 1. The van der Waals surface area contributed by atoms with Crippen LogP contribution in [0.1, 0.15) is 17.0 Å². The van der Waals surface area contributed by atoms with E-state index >= 15 is 0 Å². The fraction of sp³-hybridized carbons (Fsp3) is 0.160. The third-order valence-electron chi connectivity index (χ3n) is 5.31. The van der Waals surface area contributed by atoms with Crippen LogP contribution in [0.15, 0.2) is 76.6 Å². The number of nitrogens with zero attached hydrogens (tertiary/aromatic N) is 4. The van der Waals surface area contributed by atoms with Crippen molar-refractivity contribution in [2.45, 2.75) is 24.4 Å². The van der Waals surface area contributed by atoms with Gasteiger partial charge >= 0.3 is 0 Å². The molecule has 0 atom stereocenters. The van der Waals surface area contributed by atoms with Gasteiger partial charge in [-0.1, -0.05) is 41.6 Å². The molecule has 33 heavy (non-hydrogen) atoms. The standard InChI is InChI=1S/C25H21ClN4O2S/c1-16-22(28-24(32-16)18-4-3-5-19(26)12-18)14-30-23-13-27-11-10-21(23)29-25(30)33-15-17-6-8-20(31-2)9-7-17/h3-13H,14-15H2,1-2H3. The molecular weight excluding hydrogens is 456 g/mol. The molecule has 6 nitrogen and oxygen atoms in total. The second-order valence-electron chi connectivity index (χ2n) is 7.51. The SMILES string of the molecule is COc1ccc(CSc2nc3ccncc3n2Cc2nc(-c3cccc(Cl)c3)oc2C)cc1. The van der Waals surface area contributed by atoms with Gasteiger partial charge in [-0.15, -0.1) is 0 Å². The van der Waals surface area contributed by atoms with Gasteiger partial charge in [-0.05, 0) is 48.9 Å². The lowest BCUT2D eigenvalue weighted by Gasteiger charge is -2.08. The number of aryl methyl sites for hydroxylation is 1. The normalized spacial score (nSPS) is 11.2. The molecule has 8 heteroatoms. The number of hydrogen-bond acceptors (Lipinski definition) is 6. The molecule has 166 valence electrons. The summed E-state index contributed by atoms with van der Waals surface area (Å²) in [6, 6.07) is 17.5. The molecule has 0 aliphatic carbocycles. The third-order valence-corrected chi connectivity index (χ3v) is 6.60. The van der Waals surface area contributed by atoms with Crippen molar-refractivity contribution in [2.75, 3.05) is 7.11 Å². The number of ether oxygens (including phenoxy) is 1. The Morgan fingerprint density at radius 3 is 2.73 bits per heavy atom. The lowest BCUT2D eigenvalue weighted by molar-refractivity contribution is 0.414. The van der Waals surface area contributed by atoms with Gasteiger partial charge in [-0.25, -0.2) is 9.97 Å². The highest BCUT2D eigenvalue weighted by molar-refractivity contribution is 7.98. The van der Waals surface area contributed by atoms with E-state index in [1.165, 1.54) is 5.56 Å². The maximum atomic E-state index is 6.15. The second-order valence-corrected chi connectivity index (χ2v) is 8.89. The first-order valence-electron chi connectivity index (χ1n) is 10.4. The van der Waals surface area contributed by atoms with E-state index in [0.717, 1.165) is 44.7 Å². The Kier molecular flexibility index (Phi) is 6.07. The molecule has 5 aromatic rings. The maximum absolute atomic E-state index is 6.15. The molecule has 0 radical (unpaired) electrons. The molecule has 0 unspecified atom stereocenters. The van der Waals surface area contributed by atoms with E-state index in [1.54, 1.807) is 25.1 Å². The highest BCUT2D eigenvalue weighted by Crippen LogP contribution is 2.30. The van der Waals surface area contributed by atoms with Crippen LogP contribution in [0, 0.1) is 6.92 Å². The summed E-state index contributed by atoms with van der Waals surface area (Å²) >= 11 is 7.82. The van der Waals surface area contributed by atoms with Crippen LogP contribution in [0.4, 0.5) is 0 Å². The summed E-state index contributed by atoms with van der Waals surface area (Å²) in [7, 11) is 1.67. The number of halogens is 1. The first-order valence-corrected chi connectivity index (χ1v) is 11.8. The predicted octanol–water partition coefficient (Wildman–Crippen LogP) is 6.40. The topological polar surface area (TPSA) is 66.0 Å². The summed E-state index contributed by atoms with van der Waals surface area (Å²) in [5.41, 5.74) is 4.75. The van der Waals surface area contributed by atoms with E-state index in [1.807, 2.05) is 55.6 Å². The lowest BCUT2D eigenvalue weighted by atomic mass is 10.2. The zero-order valence-corrected chi connectivity index (χ0v) is 19.7. The molecule has 2 aromatic carbocycles. The highest BCUT2D eigenvalue weighted by Gasteiger charge is 2.17. The van der Waals surface area contributed by atoms with Gasteiger partial charge in [0, 0.05) is 22.5 Å². The van der Waals surface area contributed by atoms with Crippen molar-refractivity contribution in [2.24, 2.45) is 0 Å². The van der Waals surface area contributed by atoms with Crippen LogP contribution in [0.2, 0.25) is 5.02 Å². The number of aromatic nitrogens is 4. The van der Waals surface area contributed by atoms with E-state index in [-0.39, 0.29) is 0 Å². The maximum Gasteiger partial charge on any atom is 0.226 e. The van der Waals surface area contributed by atoms with Crippen LogP contribution in [0.5, 0.6) is 5.75 Å². The second kappa shape index (κ2) is 9.29. The minimum atomic E-state index is 0.531. The summed E-state index contributed by atoms with van der Waals surface area (Å²) in [4.78, 5) is 13.9. The van der Waals surface area contributed by atoms with Crippen molar-refractivity contribution in [3.05, 3.63) is 89.0 Å². The summed E-state index contributed by atoms with van der Waals surface area (Å²) in [6.45, 7) is 2.46. The van der Waals surface area contributed by atoms with Crippen LogP contribution in [0.3, 0.4) is 0 Å². The van der Waals surface area contributed by atoms with Crippen LogP contribution < -0.4 is 4.74 Å². The van der Waals surface area contributed by atoms with Crippen molar-refractivity contribution in [3.8, 4) is 17.2 Å². The molecule has 0 bridgehead atoms. The van der Waals surface area contributed by atoms with Crippen molar-refractivity contribution >= 4 is 34.4 Å². The Balaban J connectivity index is 1.45. The number of benzene rings is 2. The van der Waals surface area contributed by atoms with Gasteiger partial charge in [0.25, 0.3) is 0 Å². The molecule has 0 saturated heterocycles. The quantitative estimate of drug-likeness (QED) is 0.253. The van der Waals surface area contributed by atoms with E-state index in [2.05, 4.69) is 21.7 Å². The molecule has 0 fully saturated rings. The number of hydrogen-bond donors (Lipinski definition) is 0. The monoisotopic (exact) mass is 476 g/mol. The largest absolute Gasteiger partial charge is 0.497 e. The molecule has 5 rings (SSSR count). The van der Waals surface area contributed by atoms with E-state index in [0.29, 0.717) is 17.5 Å². The van der Waals surface area contributed by atoms with Gasteiger partial charge < -0.3 is 13.7 Å². The van der Waals surface area contributed by atoms with Gasteiger partial charge in [0.05, 0.1) is 30.9 Å². The number of methoxy groups -OCH3 is 1. The van der Waals surface area contributed by atoms with Crippen molar-refractivity contribution in [3.63, 3.8) is 0 Å². The van der Waals surface area contributed by atoms with Crippen LogP contribution in [-0.2, 0) is 12.3 Å². The molecule has 0 spiro atoms. The number of pyridine rings is 1. The summed E-state index contributed by atoms with van der Waals surface area (Å²) in [5, 5.41) is 1.55.